The Morgan fingerprint density at radius 1 is 1.06 bits per heavy atom. The van der Waals surface area contributed by atoms with Crippen molar-refractivity contribution in [2.24, 2.45) is 0 Å². The maximum atomic E-state index is 12.7. The first-order valence-corrected chi connectivity index (χ1v) is 10.4. The molecule has 0 saturated carbocycles. The summed E-state index contributed by atoms with van der Waals surface area (Å²) in [7, 11) is 0. The van der Waals surface area contributed by atoms with Crippen LogP contribution in [0.15, 0.2) is 67.0 Å². The van der Waals surface area contributed by atoms with Crippen LogP contribution < -0.4 is 14.4 Å². The van der Waals surface area contributed by atoms with E-state index in [1.807, 2.05) is 79.4 Å². The molecule has 1 fully saturated rings. The van der Waals surface area contributed by atoms with Gasteiger partial charge in [0.2, 0.25) is 5.88 Å². The van der Waals surface area contributed by atoms with Crippen molar-refractivity contribution in [2.75, 3.05) is 31.1 Å². The zero-order valence-electron chi connectivity index (χ0n) is 17.8. The largest absolute Gasteiger partial charge is 0.484 e. The molecule has 1 saturated heterocycles. The Kier molecular flexibility index (Phi) is 6.31. The van der Waals surface area contributed by atoms with Gasteiger partial charge in [-0.25, -0.2) is 9.97 Å². The minimum absolute atomic E-state index is 0.0118. The van der Waals surface area contributed by atoms with Crippen LogP contribution in [0.2, 0.25) is 0 Å². The molecule has 2 aromatic carbocycles. The van der Waals surface area contributed by atoms with Gasteiger partial charge < -0.3 is 19.3 Å². The third-order valence-electron chi connectivity index (χ3n) is 5.31. The molecule has 7 heteroatoms. The summed E-state index contributed by atoms with van der Waals surface area (Å²) in [5, 5.41) is 0. The smallest absolute Gasteiger partial charge is 0.260 e. The number of rotatable bonds is 6. The molecule has 4 rings (SSSR count). The number of aryl methyl sites for hydroxylation is 1. The number of aromatic nitrogens is 2. The predicted molar refractivity (Wildman–Crippen MR) is 119 cm³/mol. The third kappa shape index (κ3) is 5.12. The van der Waals surface area contributed by atoms with E-state index >= 15 is 0 Å². The van der Waals surface area contributed by atoms with E-state index in [2.05, 4.69) is 14.9 Å². The fourth-order valence-corrected chi connectivity index (χ4v) is 3.62. The normalized spacial score (nSPS) is 16.1. The highest BCUT2D eigenvalue weighted by atomic mass is 16.5. The summed E-state index contributed by atoms with van der Waals surface area (Å²) < 4.78 is 11.6. The lowest BCUT2D eigenvalue weighted by Gasteiger charge is -2.40. The molecule has 31 heavy (non-hydrogen) atoms. The molecule has 0 N–H and O–H groups in total. The second-order valence-corrected chi connectivity index (χ2v) is 7.57. The first-order chi connectivity index (χ1) is 15.1. The number of carbonyl (C=O) groups is 1. The molecule has 3 aromatic rings. The van der Waals surface area contributed by atoms with Gasteiger partial charge in [-0.3, -0.25) is 4.79 Å². The Balaban J connectivity index is 1.36. The number of nitrogens with zero attached hydrogens (tertiary/aromatic N) is 4. The van der Waals surface area contributed by atoms with Crippen molar-refractivity contribution in [3.8, 4) is 17.4 Å². The summed E-state index contributed by atoms with van der Waals surface area (Å²) in [4.78, 5) is 25.3. The molecule has 1 atom stereocenters. The fraction of sp³-hybridized carbons (Fsp3) is 0.292. The Morgan fingerprint density at radius 2 is 1.84 bits per heavy atom. The van der Waals surface area contributed by atoms with Crippen molar-refractivity contribution in [3.63, 3.8) is 0 Å². The molecule has 0 radical (unpaired) electrons. The van der Waals surface area contributed by atoms with Gasteiger partial charge in [-0.2, -0.15) is 0 Å². The predicted octanol–water partition coefficient (Wildman–Crippen LogP) is 3.69. The number of hydrogen-bond donors (Lipinski definition) is 0. The number of anilines is 1. The van der Waals surface area contributed by atoms with Crippen LogP contribution in [0.25, 0.3) is 0 Å². The summed E-state index contributed by atoms with van der Waals surface area (Å²) >= 11 is 0. The molecule has 1 amide bonds. The van der Waals surface area contributed by atoms with Crippen molar-refractivity contribution in [1.82, 2.24) is 14.9 Å². The highest BCUT2D eigenvalue weighted by molar-refractivity contribution is 5.78. The highest BCUT2D eigenvalue weighted by Gasteiger charge is 2.28. The van der Waals surface area contributed by atoms with Gasteiger partial charge in [0.15, 0.2) is 6.61 Å². The van der Waals surface area contributed by atoms with E-state index in [1.165, 1.54) is 6.33 Å². The number of piperazine rings is 1. The second kappa shape index (κ2) is 9.47. The highest BCUT2D eigenvalue weighted by Crippen LogP contribution is 2.26. The first-order valence-electron chi connectivity index (χ1n) is 10.4. The summed E-state index contributed by atoms with van der Waals surface area (Å²) in [5.74, 6) is 2.75. The SMILES string of the molecule is Cc1ccccc1Oc1cc(N2CCN(C(=O)COc3ccccc3)[C@H](C)C2)ncn1. The average molecular weight is 418 g/mol. The molecule has 1 aliphatic rings. The maximum Gasteiger partial charge on any atom is 0.260 e. The number of benzene rings is 2. The number of carbonyl (C=O) groups excluding carboxylic acids is 1. The quantitative estimate of drug-likeness (QED) is 0.608. The van der Waals surface area contributed by atoms with E-state index in [9.17, 15) is 4.79 Å². The van der Waals surface area contributed by atoms with Crippen molar-refractivity contribution < 1.29 is 14.3 Å². The van der Waals surface area contributed by atoms with Crippen molar-refractivity contribution >= 4 is 11.7 Å². The number of hydrogen-bond acceptors (Lipinski definition) is 6. The van der Waals surface area contributed by atoms with E-state index in [0.29, 0.717) is 31.3 Å². The van der Waals surface area contributed by atoms with E-state index < -0.39 is 0 Å². The van der Waals surface area contributed by atoms with E-state index in [1.54, 1.807) is 0 Å². The van der Waals surface area contributed by atoms with Gasteiger partial charge in [-0.05, 0) is 37.6 Å². The molecular formula is C24H26N4O3. The van der Waals surface area contributed by atoms with Gasteiger partial charge >= 0.3 is 0 Å². The summed E-state index contributed by atoms with van der Waals surface area (Å²) in [6, 6.07) is 19.1. The molecular weight excluding hydrogens is 392 g/mol. The lowest BCUT2D eigenvalue weighted by atomic mass is 10.2. The standard InChI is InChI=1S/C24H26N4O3/c1-18-8-6-7-11-21(18)31-23-14-22(25-17-26-23)27-12-13-28(19(2)15-27)24(29)16-30-20-9-4-3-5-10-20/h3-11,14,17,19H,12-13,15-16H2,1-2H3/t19-/m1/s1. The topological polar surface area (TPSA) is 67.8 Å². The van der Waals surface area contributed by atoms with Gasteiger partial charge in [0, 0.05) is 31.7 Å². The van der Waals surface area contributed by atoms with Crippen molar-refractivity contribution in [2.45, 2.75) is 19.9 Å². The van der Waals surface area contributed by atoms with Gasteiger partial charge in [-0.1, -0.05) is 36.4 Å². The second-order valence-electron chi connectivity index (χ2n) is 7.57. The zero-order valence-corrected chi connectivity index (χ0v) is 17.8. The van der Waals surface area contributed by atoms with Crippen LogP contribution in [0, 0.1) is 6.92 Å². The number of para-hydroxylation sites is 2. The van der Waals surface area contributed by atoms with Crippen LogP contribution in [0.4, 0.5) is 5.82 Å². The average Bonchev–Trinajstić information content (AvgIpc) is 2.80. The van der Waals surface area contributed by atoms with E-state index in [0.717, 1.165) is 17.1 Å². The van der Waals surface area contributed by atoms with Gasteiger partial charge in [0.05, 0.1) is 0 Å². The summed E-state index contributed by atoms with van der Waals surface area (Å²) in [6.07, 6.45) is 1.51. The Hall–Kier alpha value is -3.61. The van der Waals surface area contributed by atoms with Crippen LogP contribution in [0.1, 0.15) is 12.5 Å². The van der Waals surface area contributed by atoms with Crippen LogP contribution in [-0.4, -0.2) is 53.1 Å². The van der Waals surface area contributed by atoms with Crippen LogP contribution >= 0.6 is 0 Å². The Morgan fingerprint density at radius 3 is 2.61 bits per heavy atom. The molecule has 0 unspecified atom stereocenters. The molecule has 2 heterocycles. The Labute approximate surface area is 182 Å². The van der Waals surface area contributed by atoms with Gasteiger partial charge in [-0.15, -0.1) is 0 Å². The van der Waals surface area contributed by atoms with Crippen molar-refractivity contribution in [3.05, 3.63) is 72.6 Å². The Bertz CT molecular complexity index is 1030. The molecule has 0 bridgehead atoms. The third-order valence-corrected chi connectivity index (χ3v) is 5.31. The van der Waals surface area contributed by atoms with Crippen LogP contribution in [0.5, 0.6) is 17.4 Å². The molecule has 7 nitrogen and oxygen atoms in total. The minimum Gasteiger partial charge on any atom is -0.484 e. The zero-order chi connectivity index (χ0) is 21.6. The van der Waals surface area contributed by atoms with E-state index in [4.69, 9.17) is 9.47 Å². The lowest BCUT2D eigenvalue weighted by molar-refractivity contribution is -0.135. The van der Waals surface area contributed by atoms with Crippen LogP contribution in [-0.2, 0) is 4.79 Å². The summed E-state index contributed by atoms with van der Waals surface area (Å²) in [6.45, 7) is 6.04. The molecule has 160 valence electrons. The summed E-state index contributed by atoms with van der Waals surface area (Å²) in [5.41, 5.74) is 1.04. The first kappa shape index (κ1) is 20.7. The molecule has 1 aliphatic heterocycles. The number of amides is 1. The molecule has 0 aliphatic carbocycles. The molecule has 1 aromatic heterocycles. The van der Waals surface area contributed by atoms with Gasteiger partial charge in [0.1, 0.15) is 23.6 Å². The van der Waals surface area contributed by atoms with Gasteiger partial charge in [0.25, 0.3) is 5.91 Å². The van der Waals surface area contributed by atoms with Crippen molar-refractivity contribution in [1.29, 1.82) is 0 Å². The van der Waals surface area contributed by atoms with E-state index in [-0.39, 0.29) is 18.6 Å². The fourth-order valence-electron chi connectivity index (χ4n) is 3.62. The maximum absolute atomic E-state index is 12.7. The monoisotopic (exact) mass is 418 g/mol. The number of ether oxygens (including phenoxy) is 2. The lowest BCUT2D eigenvalue weighted by Crippen LogP contribution is -2.55. The minimum atomic E-state index is -0.0118. The molecule has 0 spiro atoms. The van der Waals surface area contributed by atoms with Crippen LogP contribution in [0.3, 0.4) is 0 Å².